The Hall–Kier alpha value is -1.03. The van der Waals surface area contributed by atoms with Crippen molar-refractivity contribution >= 4 is 22.6 Å². The maximum absolute atomic E-state index is 6.05. The van der Waals surface area contributed by atoms with Crippen LogP contribution in [0, 0.1) is 3.57 Å². The minimum Gasteiger partial charge on any atom is -0.493 e. The lowest BCUT2D eigenvalue weighted by atomic mass is 10.0. The molecule has 0 aromatic heterocycles. The van der Waals surface area contributed by atoms with Gasteiger partial charge < -0.3 is 4.74 Å². The highest BCUT2D eigenvalue weighted by atomic mass is 127. The summed E-state index contributed by atoms with van der Waals surface area (Å²) in [6, 6.07) is 16.8. The van der Waals surface area contributed by atoms with E-state index in [2.05, 4.69) is 78.0 Å². The highest BCUT2D eigenvalue weighted by molar-refractivity contribution is 14.1. The molecule has 0 saturated carbocycles. The number of benzene rings is 2. The average molecular weight is 408 g/mol. The lowest BCUT2D eigenvalue weighted by Crippen LogP contribution is -1.99. The highest BCUT2D eigenvalue weighted by Crippen LogP contribution is 2.32. The zero-order valence-electron chi connectivity index (χ0n) is 13.4. The summed E-state index contributed by atoms with van der Waals surface area (Å²) < 4.78 is 7.31. The lowest BCUT2D eigenvalue weighted by molar-refractivity contribution is 0.305. The van der Waals surface area contributed by atoms with Crippen molar-refractivity contribution in [1.82, 2.24) is 0 Å². The molecule has 2 rings (SSSR count). The molecule has 0 aliphatic rings. The Morgan fingerprint density at radius 3 is 2.18 bits per heavy atom. The molecule has 0 fully saturated rings. The van der Waals surface area contributed by atoms with Crippen molar-refractivity contribution < 1.29 is 4.74 Å². The van der Waals surface area contributed by atoms with Gasteiger partial charge in [-0.15, -0.1) is 0 Å². The highest BCUT2D eigenvalue weighted by Gasteiger charge is 2.08. The lowest BCUT2D eigenvalue weighted by Gasteiger charge is -2.12. The molecule has 2 aromatic rings. The largest absolute Gasteiger partial charge is 0.493 e. The molecule has 0 unspecified atom stereocenters. The second kappa shape index (κ2) is 9.88. The van der Waals surface area contributed by atoms with Crippen LogP contribution in [0.1, 0.15) is 45.4 Å². The van der Waals surface area contributed by atoms with Crippen LogP contribution in [0.25, 0.3) is 11.1 Å². The molecule has 0 radical (unpaired) electrons. The predicted molar refractivity (Wildman–Crippen MR) is 103 cm³/mol. The molecule has 0 atom stereocenters. The summed E-state index contributed by atoms with van der Waals surface area (Å²) in [6.07, 6.45) is 7.76. The first-order chi connectivity index (χ1) is 10.8. The molecule has 0 aliphatic heterocycles. The first-order valence-electron chi connectivity index (χ1n) is 8.29. The number of halogens is 1. The maximum atomic E-state index is 6.05. The molecular formula is C20H25IO. The van der Waals surface area contributed by atoms with Gasteiger partial charge in [-0.25, -0.2) is 0 Å². The normalized spacial score (nSPS) is 10.6. The zero-order chi connectivity index (χ0) is 15.6. The van der Waals surface area contributed by atoms with Crippen molar-refractivity contribution in [3.05, 3.63) is 52.1 Å². The quantitative estimate of drug-likeness (QED) is 0.332. The maximum Gasteiger partial charge on any atom is 0.127 e. The number of ether oxygens (including phenoxy) is 1. The van der Waals surface area contributed by atoms with Gasteiger partial charge in [0.05, 0.1) is 6.61 Å². The summed E-state index contributed by atoms with van der Waals surface area (Å²) in [5.41, 5.74) is 2.44. The van der Waals surface area contributed by atoms with Gasteiger partial charge in [-0.3, -0.25) is 0 Å². The Balaban J connectivity index is 1.91. The average Bonchev–Trinajstić information content (AvgIpc) is 2.55. The fourth-order valence-corrected chi connectivity index (χ4v) is 3.24. The van der Waals surface area contributed by atoms with Crippen molar-refractivity contribution in [2.45, 2.75) is 45.4 Å². The monoisotopic (exact) mass is 408 g/mol. The van der Waals surface area contributed by atoms with E-state index in [1.807, 2.05) is 0 Å². The molecule has 0 amide bonds. The van der Waals surface area contributed by atoms with E-state index in [9.17, 15) is 0 Å². The number of rotatable bonds is 9. The molecule has 0 aliphatic carbocycles. The van der Waals surface area contributed by atoms with Crippen LogP contribution in [0.5, 0.6) is 5.75 Å². The van der Waals surface area contributed by atoms with E-state index in [0.717, 1.165) is 18.8 Å². The molecule has 0 bridgehead atoms. The first kappa shape index (κ1) is 17.3. The van der Waals surface area contributed by atoms with Gasteiger partial charge in [-0.2, -0.15) is 0 Å². The van der Waals surface area contributed by atoms with Gasteiger partial charge in [-0.1, -0.05) is 75.4 Å². The van der Waals surface area contributed by atoms with Crippen molar-refractivity contribution in [1.29, 1.82) is 0 Å². The molecule has 0 N–H and O–H groups in total. The SMILES string of the molecule is CCCCCCCCOc1ccccc1-c1ccccc1I. The Bertz CT molecular complexity index is 565. The fourth-order valence-electron chi connectivity index (χ4n) is 2.56. The van der Waals surface area contributed by atoms with E-state index < -0.39 is 0 Å². The van der Waals surface area contributed by atoms with Gasteiger partial charge in [-0.05, 0) is 46.7 Å². The standard InChI is InChI=1S/C20H25IO/c1-2-3-4-5-6-11-16-22-20-15-10-8-13-18(20)17-12-7-9-14-19(17)21/h7-10,12-15H,2-6,11,16H2,1H3. The molecule has 2 heteroatoms. The van der Waals surface area contributed by atoms with Gasteiger partial charge in [0, 0.05) is 9.13 Å². The first-order valence-corrected chi connectivity index (χ1v) is 9.37. The Morgan fingerprint density at radius 1 is 0.773 bits per heavy atom. The van der Waals surface area contributed by atoms with Crippen LogP contribution in [0.2, 0.25) is 0 Å². The van der Waals surface area contributed by atoms with Crippen LogP contribution in [-0.2, 0) is 0 Å². The molecule has 22 heavy (non-hydrogen) atoms. The predicted octanol–water partition coefficient (Wildman–Crippen LogP) is 6.70. The molecule has 2 aromatic carbocycles. The van der Waals surface area contributed by atoms with Crippen LogP contribution >= 0.6 is 22.6 Å². The summed E-state index contributed by atoms with van der Waals surface area (Å²) in [5.74, 6) is 1.00. The Labute approximate surface area is 148 Å². The topological polar surface area (TPSA) is 9.23 Å². The van der Waals surface area contributed by atoms with Gasteiger partial charge in [0.15, 0.2) is 0 Å². The molecule has 1 nitrogen and oxygen atoms in total. The summed E-state index contributed by atoms with van der Waals surface area (Å²) in [5, 5.41) is 0. The molecule has 0 heterocycles. The minimum atomic E-state index is 0.812. The van der Waals surface area contributed by atoms with Crippen LogP contribution < -0.4 is 4.74 Å². The van der Waals surface area contributed by atoms with E-state index >= 15 is 0 Å². The number of para-hydroxylation sites is 1. The van der Waals surface area contributed by atoms with Crippen LogP contribution in [0.3, 0.4) is 0 Å². The number of unbranched alkanes of at least 4 members (excludes halogenated alkanes) is 5. The van der Waals surface area contributed by atoms with Crippen molar-refractivity contribution in [3.63, 3.8) is 0 Å². The van der Waals surface area contributed by atoms with Gasteiger partial charge in [0.2, 0.25) is 0 Å². The number of hydrogen-bond donors (Lipinski definition) is 0. The molecule has 118 valence electrons. The Morgan fingerprint density at radius 2 is 1.41 bits per heavy atom. The van der Waals surface area contributed by atoms with Crippen LogP contribution in [0.15, 0.2) is 48.5 Å². The summed E-state index contributed by atoms with van der Waals surface area (Å²) in [4.78, 5) is 0. The van der Waals surface area contributed by atoms with Crippen LogP contribution in [-0.4, -0.2) is 6.61 Å². The van der Waals surface area contributed by atoms with E-state index in [1.54, 1.807) is 0 Å². The van der Waals surface area contributed by atoms with Crippen molar-refractivity contribution in [2.75, 3.05) is 6.61 Å². The molecule has 0 spiro atoms. The zero-order valence-corrected chi connectivity index (χ0v) is 15.5. The fraction of sp³-hybridized carbons (Fsp3) is 0.400. The van der Waals surface area contributed by atoms with E-state index in [-0.39, 0.29) is 0 Å². The second-order valence-corrected chi connectivity index (χ2v) is 6.75. The van der Waals surface area contributed by atoms with Crippen molar-refractivity contribution in [2.24, 2.45) is 0 Å². The third kappa shape index (κ3) is 5.31. The van der Waals surface area contributed by atoms with Gasteiger partial charge >= 0.3 is 0 Å². The van der Waals surface area contributed by atoms with Crippen molar-refractivity contribution in [3.8, 4) is 16.9 Å². The molecule has 0 saturated heterocycles. The molecular weight excluding hydrogens is 383 g/mol. The minimum absolute atomic E-state index is 0.812. The summed E-state index contributed by atoms with van der Waals surface area (Å²) in [6.45, 7) is 3.07. The van der Waals surface area contributed by atoms with E-state index in [4.69, 9.17) is 4.74 Å². The smallest absolute Gasteiger partial charge is 0.127 e. The number of hydrogen-bond acceptors (Lipinski definition) is 1. The van der Waals surface area contributed by atoms with Crippen LogP contribution in [0.4, 0.5) is 0 Å². The van der Waals surface area contributed by atoms with E-state index in [0.29, 0.717) is 0 Å². The van der Waals surface area contributed by atoms with Gasteiger partial charge in [0.25, 0.3) is 0 Å². The summed E-state index contributed by atoms with van der Waals surface area (Å²) >= 11 is 2.39. The third-order valence-electron chi connectivity index (χ3n) is 3.81. The second-order valence-electron chi connectivity index (χ2n) is 5.59. The van der Waals surface area contributed by atoms with Gasteiger partial charge in [0.1, 0.15) is 5.75 Å². The van der Waals surface area contributed by atoms with E-state index in [1.165, 1.54) is 46.8 Å². The summed E-state index contributed by atoms with van der Waals surface area (Å²) in [7, 11) is 0. The third-order valence-corrected chi connectivity index (χ3v) is 4.75. The Kier molecular flexibility index (Phi) is 7.78.